The molecule has 1 aliphatic carbocycles. The lowest BCUT2D eigenvalue weighted by Gasteiger charge is -2.47. The molecule has 1 spiro atoms. The Morgan fingerprint density at radius 1 is 1.08 bits per heavy atom. The third-order valence-electron chi connectivity index (χ3n) is 6.30. The lowest BCUT2D eigenvalue weighted by Crippen LogP contribution is -2.52. The summed E-state index contributed by atoms with van der Waals surface area (Å²) < 4.78 is 0. The Hall–Kier alpha value is -1.84. The van der Waals surface area contributed by atoms with Crippen molar-refractivity contribution in [3.63, 3.8) is 0 Å². The van der Waals surface area contributed by atoms with Crippen molar-refractivity contribution in [3.05, 3.63) is 35.9 Å². The van der Waals surface area contributed by atoms with Crippen LogP contribution < -0.4 is 0 Å². The summed E-state index contributed by atoms with van der Waals surface area (Å²) in [7, 11) is 0. The molecule has 0 bridgehead atoms. The van der Waals surface area contributed by atoms with Gasteiger partial charge in [-0.3, -0.25) is 9.59 Å². The predicted molar refractivity (Wildman–Crippen MR) is 96.9 cm³/mol. The van der Waals surface area contributed by atoms with Crippen LogP contribution in [0.25, 0.3) is 0 Å². The lowest BCUT2D eigenvalue weighted by molar-refractivity contribution is -0.142. The molecule has 2 heterocycles. The second kappa shape index (κ2) is 6.81. The van der Waals surface area contributed by atoms with Crippen molar-refractivity contribution in [2.75, 3.05) is 26.2 Å². The lowest BCUT2D eigenvalue weighted by atomic mass is 9.72. The van der Waals surface area contributed by atoms with E-state index in [1.807, 2.05) is 35.2 Å². The van der Waals surface area contributed by atoms with Gasteiger partial charge in [-0.25, -0.2) is 0 Å². The molecule has 4 heteroatoms. The van der Waals surface area contributed by atoms with Crippen LogP contribution in [-0.4, -0.2) is 47.8 Å². The van der Waals surface area contributed by atoms with Gasteiger partial charge < -0.3 is 9.80 Å². The zero-order chi connectivity index (χ0) is 17.3. The molecule has 0 aromatic heterocycles. The van der Waals surface area contributed by atoms with Gasteiger partial charge in [-0.2, -0.15) is 0 Å². The average Bonchev–Trinajstić information content (AvgIpc) is 3.44. The molecule has 1 aromatic rings. The van der Waals surface area contributed by atoms with Crippen LogP contribution in [-0.2, 0) is 16.0 Å². The second-order valence-electron chi connectivity index (χ2n) is 8.26. The third kappa shape index (κ3) is 3.88. The highest BCUT2D eigenvalue weighted by atomic mass is 16.2. The van der Waals surface area contributed by atoms with Crippen LogP contribution in [0.3, 0.4) is 0 Å². The predicted octanol–water partition coefficient (Wildman–Crippen LogP) is 2.87. The van der Waals surface area contributed by atoms with Crippen LogP contribution in [0.1, 0.15) is 44.1 Å². The largest absolute Gasteiger partial charge is 0.342 e. The first kappa shape index (κ1) is 16.6. The van der Waals surface area contributed by atoms with E-state index in [-0.39, 0.29) is 11.3 Å². The molecular formula is C21H28N2O2. The van der Waals surface area contributed by atoms with Crippen molar-refractivity contribution in [1.29, 1.82) is 0 Å². The first-order valence-corrected chi connectivity index (χ1v) is 9.73. The van der Waals surface area contributed by atoms with Gasteiger partial charge in [0, 0.05) is 32.6 Å². The molecule has 25 heavy (non-hydrogen) atoms. The van der Waals surface area contributed by atoms with E-state index in [0.29, 0.717) is 18.7 Å². The molecule has 4 nitrogen and oxygen atoms in total. The maximum atomic E-state index is 12.6. The number of carbonyl (C=O) groups excluding carboxylic acids is 2. The zero-order valence-corrected chi connectivity index (χ0v) is 15.0. The molecule has 0 radical (unpaired) electrons. The van der Waals surface area contributed by atoms with Crippen LogP contribution in [0.2, 0.25) is 0 Å². The van der Waals surface area contributed by atoms with Crippen molar-refractivity contribution in [2.45, 2.75) is 44.9 Å². The van der Waals surface area contributed by atoms with Crippen LogP contribution in [0, 0.1) is 11.3 Å². The van der Waals surface area contributed by atoms with Gasteiger partial charge in [-0.15, -0.1) is 0 Å². The van der Waals surface area contributed by atoms with E-state index < -0.39 is 0 Å². The molecule has 2 aliphatic heterocycles. The molecule has 1 saturated carbocycles. The monoisotopic (exact) mass is 340 g/mol. The highest BCUT2D eigenvalue weighted by Crippen LogP contribution is 2.41. The van der Waals surface area contributed by atoms with Gasteiger partial charge in [0.1, 0.15) is 0 Å². The molecule has 0 atom stereocenters. The van der Waals surface area contributed by atoms with Crippen molar-refractivity contribution in [3.8, 4) is 0 Å². The van der Waals surface area contributed by atoms with Gasteiger partial charge >= 0.3 is 0 Å². The minimum absolute atomic E-state index is 0.239. The maximum Gasteiger partial charge on any atom is 0.226 e. The highest BCUT2D eigenvalue weighted by Gasteiger charge is 2.42. The van der Waals surface area contributed by atoms with E-state index >= 15 is 0 Å². The SMILES string of the molecule is O=C(Cc1ccccc1)N1CCC2(CCC(=O)N(CC3CC3)C2)CC1. The zero-order valence-electron chi connectivity index (χ0n) is 15.0. The summed E-state index contributed by atoms with van der Waals surface area (Å²) in [6.45, 7) is 3.58. The molecule has 3 fully saturated rings. The molecule has 134 valence electrons. The topological polar surface area (TPSA) is 40.6 Å². The number of carbonyl (C=O) groups is 2. The number of benzene rings is 1. The van der Waals surface area contributed by atoms with E-state index in [1.165, 1.54) is 12.8 Å². The van der Waals surface area contributed by atoms with Gasteiger partial charge in [0.15, 0.2) is 0 Å². The van der Waals surface area contributed by atoms with Crippen LogP contribution >= 0.6 is 0 Å². The van der Waals surface area contributed by atoms with Gasteiger partial charge in [-0.05, 0) is 49.0 Å². The molecule has 2 saturated heterocycles. The summed E-state index contributed by atoms with van der Waals surface area (Å²) in [6, 6.07) is 10.00. The molecule has 0 N–H and O–H groups in total. The highest BCUT2D eigenvalue weighted by molar-refractivity contribution is 5.79. The van der Waals surface area contributed by atoms with Crippen LogP contribution in [0.4, 0.5) is 0 Å². The number of piperidine rings is 2. The van der Waals surface area contributed by atoms with Crippen molar-refractivity contribution >= 4 is 11.8 Å². The Bertz CT molecular complexity index is 631. The van der Waals surface area contributed by atoms with Gasteiger partial charge in [0.05, 0.1) is 6.42 Å². The second-order valence-corrected chi connectivity index (χ2v) is 8.26. The van der Waals surface area contributed by atoms with E-state index in [1.54, 1.807) is 0 Å². The Balaban J connectivity index is 1.32. The molecule has 4 rings (SSSR count). The van der Waals surface area contributed by atoms with Gasteiger partial charge in [0.25, 0.3) is 0 Å². The standard InChI is InChI=1S/C21H28N2O2/c24-19-8-9-21(16-23(19)15-18-6-7-18)10-12-22(13-11-21)20(25)14-17-4-2-1-3-5-17/h1-5,18H,6-16H2. The fourth-order valence-corrected chi connectivity index (χ4v) is 4.40. The average molecular weight is 340 g/mol. The first-order valence-electron chi connectivity index (χ1n) is 9.73. The smallest absolute Gasteiger partial charge is 0.226 e. The normalized spacial score (nSPS) is 23.1. The summed E-state index contributed by atoms with van der Waals surface area (Å²) in [5.41, 5.74) is 1.35. The molecule has 2 amide bonds. The summed E-state index contributed by atoms with van der Waals surface area (Å²) in [5.74, 6) is 1.34. The minimum Gasteiger partial charge on any atom is -0.342 e. The summed E-state index contributed by atoms with van der Waals surface area (Å²) in [6.07, 6.45) is 6.87. The molecule has 3 aliphatic rings. The maximum absolute atomic E-state index is 12.6. The van der Waals surface area contributed by atoms with Gasteiger partial charge in [-0.1, -0.05) is 30.3 Å². The minimum atomic E-state index is 0.239. The van der Waals surface area contributed by atoms with Crippen molar-refractivity contribution in [1.82, 2.24) is 9.80 Å². The molecular weight excluding hydrogens is 312 g/mol. The fraction of sp³-hybridized carbons (Fsp3) is 0.619. The van der Waals surface area contributed by atoms with Crippen molar-refractivity contribution < 1.29 is 9.59 Å². The quantitative estimate of drug-likeness (QED) is 0.846. The summed E-state index contributed by atoms with van der Waals surface area (Å²) in [4.78, 5) is 28.9. The Morgan fingerprint density at radius 3 is 2.48 bits per heavy atom. The number of nitrogens with zero attached hydrogens (tertiary/aromatic N) is 2. The van der Waals surface area contributed by atoms with Crippen LogP contribution in [0.5, 0.6) is 0 Å². The van der Waals surface area contributed by atoms with E-state index in [4.69, 9.17) is 0 Å². The number of hydrogen-bond acceptors (Lipinski definition) is 2. The van der Waals surface area contributed by atoms with Crippen molar-refractivity contribution in [2.24, 2.45) is 11.3 Å². The van der Waals surface area contributed by atoms with E-state index in [2.05, 4.69) is 4.90 Å². The van der Waals surface area contributed by atoms with E-state index in [0.717, 1.165) is 56.9 Å². The number of likely N-dealkylation sites (tertiary alicyclic amines) is 2. The molecule has 0 unspecified atom stereocenters. The number of amides is 2. The Morgan fingerprint density at radius 2 is 1.80 bits per heavy atom. The Labute approximate surface area is 150 Å². The third-order valence-corrected chi connectivity index (χ3v) is 6.30. The fourth-order valence-electron chi connectivity index (χ4n) is 4.40. The number of hydrogen-bond donors (Lipinski definition) is 0. The van der Waals surface area contributed by atoms with Crippen LogP contribution in [0.15, 0.2) is 30.3 Å². The summed E-state index contributed by atoms with van der Waals surface area (Å²) in [5, 5.41) is 0. The van der Waals surface area contributed by atoms with E-state index in [9.17, 15) is 9.59 Å². The Kier molecular flexibility index (Phi) is 4.53. The summed E-state index contributed by atoms with van der Waals surface area (Å²) >= 11 is 0. The molecule has 1 aromatic carbocycles. The number of rotatable bonds is 4. The first-order chi connectivity index (χ1) is 12.1. The van der Waals surface area contributed by atoms with Gasteiger partial charge in [0.2, 0.25) is 11.8 Å².